The maximum atomic E-state index is 12.9. The zero-order valence-corrected chi connectivity index (χ0v) is 17.7. The van der Waals surface area contributed by atoms with Gasteiger partial charge in [0.15, 0.2) is 0 Å². The highest BCUT2D eigenvalue weighted by atomic mass is 32.2. The number of nitrogens with one attached hydrogen (secondary N) is 1. The quantitative estimate of drug-likeness (QED) is 0.700. The molecule has 7 heteroatoms. The Morgan fingerprint density at radius 1 is 1.17 bits per heavy atom. The summed E-state index contributed by atoms with van der Waals surface area (Å²) in [6.45, 7) is 2.46. The van der Waals surface area contributed by atoms with E-state index in [2.05, 4.69) is 16.4 Å². The first-order valence-corrected chi connectivity index (χ1v) is 11.3. The largest absolute Gasteiger partial charge is 0.352 e. The molecule has 0 radical (unpaired) electrons. The zero-order valence-electron chi connectivity index (χ0n) is 16.9. The van der Waals surface area contributed by atoms with E-state index < -0.39 is 10.0 Å². The number of sulfonamides is 1. The van der Waals surface area contributed by atoms with E-state index in [1.165, 1.54) is 37.9 Å². The van der Waals surface area contributed by atoms with Gasteiger partial charge in [0.1, 0.15) is 0 Å². The lowest BCUT2D eigenvalue weighted by atomic mass is 9.97. The first-order valence-electron chi connectivity index (χ1n) is 9.85. The Hall–Kier alpha value is -2.67. The van der Waals surface area contributed by atoms with E-state index in [-0.39, 0.29) is 10.8 Å². The third-order valence-electron chi connectivity index (χ3n) is 5.15. The van der Waals surface area contributed by atoms with Crippen LogP contribution < -0.4 is 9.62 Å². The van der Waals surface area contributed by atoms with Gasteiger partial charge in [-0.3, -0.25) is 14.1 Å². The Kier molecular flexibility index (Phi) is 6.69. The van der Waals surface area contributed by atoms with E-state index in [0.717, 1.165) is 29.1 Å². The SMILES string of the molecule is Cc1ccc(S(=O)(=O)N(C)c2cncc(C(=O)NCCC3=CCCCC3)c2)cc1. The molecule has 0 saturated heterocycles. The topological polar surface area (TPSA) is 79.4 Å². The number of pyridine rings is 1. The Bertz CT molecular complexity index is 998. The summed E-state index contributed by atoms with van der Waals surface area (Å²) in [6.07, 6.45) is 10.7. The Morgan fingerprint density at radius 2 is 1.93 bits per heavy atom. The summed E-state index contributed by atoms with van der Waals surface area (Å²) >= 11 is 0. The molecular weight excluding hydrogens is 386 g/mol. The highest BCUT2D eigenvalue weighted by molar-refractivity contribution is 7.92. The molecule has 1 amide bonds. The predicted octanol–water partition coefficient (Wildman–Crippen LogP) is 3.84. The lowest BCUT2D eigenvalue weighted by molar-refractivity contribution is 0.0953. The van der Waals surface area contributed by atoms with Crippen LogP contribution in [-0.4, -0.2) is 32.9 Å². The fourth-order valence-electron chi connectivity index (χ4n) is 3.30. The maximum absolute atomic E-state index is 12.9. The number of allylic oxidation sites excluding steroid dienone is 1. The van der Waals surface area contributed by atoms with E-state index in [1.54, 1.807) is 30.3 Å². The predicted molar refractivity (Wildman–Crippen MR) is 115 cm³/mol. The fraction of sp³-hybridized carbons (Fsp3) is 0.364. The van der Waals surface area contributed by atoms with E-state index in [1.807, 2.05) is 6.92 Å². The first kappa shape index (κ1) is 21.0. The number of nitrogens with zero attached hydrogens (tertiary/aromatic N) is 2. The molecule has 29 heavy (non-hydrogen) atoms. The van der Waals surface area contributed by atoms with Gasteiger partial charge in [0.2, 0.25) is 0 Å². The van der Waals surface area contributed by atoms with E-state index >= 15 is 0 Å². The molecule has 1 heterocycles. The summed E-state index contributed by atoms with van der Waals surface area (Å²) in [6, 6.07) is 8.21. The second-order valence-electron chi connectivity index (χ2n) is 7.33. The van der Waals surface area contributed by atoms with Crippen LogP contribution in [0.3, 0.4) is 0 Å². The molecule has 2 aromatic rings. The van der Waals surface area contributed by atoms with Crippen molar-refractivity contribution in [1.82, 2.24) is 10.3 Å². The molecule has 154 valence electrons. The molecule has 0 bridgehead atoms. The van der Waals surface area contributed by atoms with Gasteiger partial charge >= 0.3 is 0 Å². The molecule has 3 rings (SSSR count). The molecule has 1 N–H and O–H groups in total. The van der Waals surface area contributed by atoms with Crippen LogP contribution in [0.5, 0.6) is 0 Å². The smallest absolute Gasteiger partial charge is 0.264 e. The van der Waals surface area contributed by atoms with Crippen LogP contribution in [-0.2, 0) is 10.0 Å². The molecule has 0 fully saturated rings. The molecule has 1 aliphatic carbocycles. The molecule has 1 aromatic heterocycles. The summed E-state index contributed by atoms with van der Waals surface area (Å²) in [5.41, 5.74) is 3.06. The van der Waals surface area contributed by atoms with Crippen LogP contribution in [0.15, 0.2) is 59.3 Å². The Labute approximate surface area is 172 Å². The average Bonchev–Trinajstić information content (AvgIpc) is 2.74. The molecule has 0 atom stereocenters. The average molecular weight is 414 g/mol. The molecule has 0 spiro atoms. The number of amides is 1. The summed E-state index contributed by atoms with van der Waals surface area (Å²) in [4.78, 5) is 16.7. The number of hydrogen-bond acceptors (Lipinski definition) is 4. The number of rotatable bonds is 7. The molecule has 0 saturated carbocycles. The zero-order chi connectivity index (χ0) is 20.9. The summed E-state index contributed by atoms with van der Waals surface area (Å²) in [5.74, 6) is -0.253. The first-order chi connectivity index (χ1) is 13.9. The highest BCUT2D eigenvalue weighted by Crippen LogP contribution is 2.23. The third-order valence-corrected chi connectivity index (χ3v) is 6.95. The van der Waals surface area contributed by atoms with Crippen molar-refractivity contribution in [2.75, 3.05) is 17.9 Å². The van der Waals surface area contributed by atoms with Crippen molar-refractivity contribution in [2.24, 2.45) is 0 Å². The summed E-state index contributed by atoms with van der Waals surface area (Å²) in [7, 11) is -2.27. The number of carbonyl (C=O) groups excluding carboxylic acids is 1. The van der Waals surface area contributed by atoms with Crippen molar-refractivity contribution < 1.29 is 13.2 Å². The van der Waals surface area contributed by atoms with Crippen molar-refractivity contribution in [3.63, 3.8) is 0 Å². The van der Waals surface area contributed by atoms with Crippen LogP contribution in [0, 0.1) is 6.92 Å². The van der Waals surface area contributed by atoms with Crippen LogP contribution in [0.4, 0.5) is 5.69 Å². The monoisotopic (exact) mass is 413 g/mol. The van der Waals surface area contributed by atoms with Crippen molar-refractivity contribution in [3.8, 4) is 0 Å². The van der Waals surface area contributed by atoms with Gasteiger partial charge in [-0.15, -0.1) is 0 Å². The standard InChI is InChI=1S/C22H27N3O3S/c1-17-8-10-21(11-9-17)29(27,28)25(2)20-14-19(15-23-16-20)22(26)24-13-12-18-6-4-3-5-7-18/h6,8-11,14-16H,3-5,7,12-13H2,1-2H3,(H,24,26). The lowest BCUT2D eigenvalue weighted by Gasteiger charge is -2.20. The van der Waals surface area contributed by atoms with Gasteiger partial charge in [-0.1, -0.05) is 29.3 Å². The number of hydrogen-bond donors (Lipinski definition) is 1. The molecule has 0 aliphatic heterocycles. The number of carbonyl (C=O) groups is 1. The van der Waals surface area contributed by atoms with Gasteiger partial charge in [0, 0.05) is 19.8 Å². The number of anilines is 1. The van der Waals surface area contributed by atoms with Crippen molar-refractivity contribution >= 4 is 21.6 Å². The van der Waals surface area contributed by atoms with Crippen molar-refractivity contribution in [3.05, 3.63) is 65.5 Å². The molecule has 0 unspecified atom stereocenters. The second kappa shape index (κ2) is 9.22. The fourth-order valence-corrected chi connectivity index (χ4v) is 4.48. The minimum atomic E-state index is -3.73. The van der Waals surface area contributed by atoms with Crippen LogP contribution in [0.25, 0.3) is 0 Å². The van der Waals surface area contributed by atoms with E-state index in [4.69, 9.17) is 0 Å². The maximum Gasteiger partial charge on any atom is 0.264 e. The number of benzene rings is 1. The van der Waals surface area contributed by atoms with Gasteiger partial charge in [-0.2, -0.15) is 0 Å². The number of aryl methyl sites for hydroxylation is 1. The van der Waals surface area contributed by atoms with Crippen molar-refractivity contribution in [1.29, 1.82) is 0 Å². The van der Waals surface area contributed by atoms with Crippen LogP contribution >= 0.6 is 0 Å². The third kappa shape index (κ3) is 5.23. The minimum absolute atomic E-state index is 0.196. The molecular formula is C22H27N3O3S. The van der Waals surface area contributed by atoms with E-state index in [9.17, 15) is 13.2 Å². The normalized spacial score (nSPS) is 14.2. The highest BCUT2D eigenvalue weighted by Gasteiger charge is 2.22. The lowest BCUT2D eigenvalue weighted by Crippen LogP contribution is -2.28. The van der Waals surface area contributed by atoms with Gasteiger partial charge in [-0.05, 0) is 57.2 Å². The Balaban J connectivity index is 1.68. The van der Waals surface area contributed by atoms with Crippen molar-refractivity contribution in [2.45, 2.75) is 43.9 Å². The van der Waals surface area contributed by atoms with E-state index in [0.29, 0.717) is 17.8 Å². The van der Waals surface area contributed by atoms with Gasteiger partial charge < -0.3 is 5.32 Å². The summed E-state index contributed by atoms with van der Waals surface area (Å²) < 4.78 is 26.9. The minimum Gasteiger partial charge on any atom is -0.352 e. The molecule has 1 aromatic carbocycles. The summed E-state index contributed by atoms with van der Waals surface area (Å²) in [5, 5.41) is 2.90. The Morgan fingerprint density at radius 3 is 2.62 bits per heavy atom. The second-order valence-corrected chi connectivity index (χ2v) is 9.30. The van der Waals surface area contributed by atoms with Crippen LogP contribution in [0.2, 0.25) is 0 Å². The van der Waals surface area contributed by atoms with Gasteiger partial charge in [0.05, 0.1) is 22.3 Å². The number of aromatic nitrogens is 1. The van der Waals surface area contributed by atoms with Crippen LogP contribution in [0.1, 0.15) is 48.0 Å². The molecule has 1 aliphatic rings. The van der Waals surface area contributed by atoms with Gasteiger partial charge in [0.25, 0.3) is 15.9 Å². The van der Waals surface area contributed by atoms with Gasteiger partial charge in [-0.25, -0.2) is 8.42 Å². The molecule has 6 nitrogen and oxygen atoms in total.